The molecule has 2 nitrogen and oxygen atoms in total. The molecule has 32 heavy (non-hydrogen) atoms. The molecule has 5 rings (SSSR count). The average Bonchev–Trinajstić information content (AvgIpc) is 2.86. The molecule has 0 saturated heterocycles. The molecule has 0 radical (unpaired) electrons. The summed E-state index contributed by atoms with van der Waals surface area (Å²) in [5.74, 6) is 7.12. The van der Waals surface area contributed by atoms with E-state index in [1.807, 2.05) is 97.1 Å². The summed E-state index contributed by atoms with van der Waals surface area (Å²) < 4.78 is 8.23. The van der Waals surface area contributed by atoms with Gasteiger partial charge in [0, 0.05) is 0 Å². The van der Waals surface area contributed by atoms with Crippen molar-refractivity contribution in [2.45, 2.75) is 0 Å². The monoisotopic (exact) mass is 478 g/mol. The van der Waals surface area contributed by atoms with Crippen LogP contribution in [0.4, 0.5) is 0 Å². The molecule has 0 bridgehead atoms. The van der Waals surface area contributed by atoms with E-state index in [4.69, 9.17) is 4.42 Å². The molecule has 0 fully saturated rings. The van der Waals surface area contributed by atoms with Crippen molar-refractivity contribution < 1.29 is 4.42 Å². The summed E-state index contributed by atoms with van der Waals surface area (Å²) in [5, 5.41) is 1.55. The van der Waals surface area contributed by atoms with Crippen molar-refractivity contribution in [2.24, 2.45) is 0 Å². The fraction of sp³-hybridized carbons (Fsp3) is 0. The van der Waals surface area contributed by atoms with Crippen molar-refractivity contribution in [1.82, 2.24) is 0 Å². The Morgan fingerprint density at radius 2 is 1.25 bits per heavy atom. The van der Waals surface area contributed by atoms with Gasteiger partial charge in [-0.15, -0.1) is 0 Å². The molecule has 0 amide bonds. The molecular weight excluding hydrogens is 459 g/mol. The molecular formula is C29H18O2Se. The van der Waals surface area contributed by atoms with Gasteiger partial charge in [0.2, 0.25) is 0 Å². The van der Waals surface area contributed by atoms with Crippen molar-refractivity contribution in [3.63, 3.8) is 0 Å². The summed E-state index contributed by atoms with van der Waals surface area (Å²) in [6, 6.07) is 35.7. The van der Waals surface area contributed by atoms with Gasteiger partial charge in [-0.3, -0.25) is 0 Å². The number of benzene rings is 4. The van der Waals surface area contributed by atoms with E-state index < -0.39 is 0 Å². The number of hydrogen-bond donors (Lipinski definition) is 0. The van der Waals surface area contributed by atoms with Crippen LogP contribution in [-0.4, -0.2) is 15.0 Å². The van der Waals surface area contributed by atoms with Crippen LogP contribution in [-0.2, 0) is 0 Å². The van der Waals surface area contributed by atoms with Crippen LogP contribution in [0.25, 0.3) is 22.1 Å². The van der Waals surface area contributed by atoms with Crippen molar-refractivity contribution in [2.75, 3.05) is 0 Å². The Labute approximate surface area is 192 Å². The molecule has 0 atom stereocenters. The fourth-order valence-electron chi connectivity index (χ4n) is 3.51. The summed E-state index contributed by atoms with van der Waals surface area (Å²) >= 11 is -0.0482. The summed E-state index contributed by atoms with van der Waals surface area (Å²) in [7, 11) is 0. The molecule has 0 unspecified atom stereocenters. The Morgan fingerprint density at radius 1 is 0.625 bits per heavy atom. The Balaban J connectivity index is 1.73. The standard InChI is InChI=1S/C29H18O2Se/c30-29-26-18-10-9-17-25(26)28(32-23-14-5-2-6-15-23)27(31-29)24-16-8-7-13-22(24)20-19-21-11-3-1-4-12-21/h1-18H. The summed E-state index contributed by atoms with van der Waals surface area (Å²) in [6.45, 7) is 0. The average molecular weight is 477 g/mol. The zero-order chi connectivity index (χ0) is 21.8. The minimum absolute atomic E-state index is 0.0482. The van der Waals surface area contributed by atoms with Crippen molar-refractivity contribution in [3.8, 4) is 23.2 Å². The van der Waals surface area contributed by atoms with E-state index in [0.29, 0.717) is 11.1 Å². The second kappa shape index (κ2) is 9.12. The Kier molecular flexibility index (Phi) is 5.73. The molecule has 152 valence electrons. The number of rotatable bonds is 3. The Hall–Kier alpha value is -3.83. The van der Waals surface area contributed by atoms with Gasteiger partial charge in [0.05, 0.1) is 0 Å². The summed E-state index contributed by atoms with van der Waals surface area (Å²) in [5.41, 5.74) is 2.29. The molecule has 0 aliphatic heterocycles. The van der Waals surface area contributed by atoms with E-state index in [9.17, 15) is 4.79 Å². The Morgan fingerprint density at radius 3 is 2.03 bits per heavy atom. The predicted molar refractivity (Wildman–Crippen MR) is 132 cm³/mol. The van der Waals surface area contributed by atoms with Crippen LogP contribution in [0.2, 0.25) is 0 Å². The quantitative estimate of drug-likeness (QED) is 0.283. The van der Waals surface area contributed by atoms with Crippen molar-refractivity contribution in [1.29, 1.82) is 0 Å². The second-order valence-electron chi connectivity index (χ2n) is 7.17. The SMILES string of the molecule is O=c1oc(-c2ccccc2C#Cc2ccccc2)c([Se]c2ccccc2)c2ccccc12. The predicted octanol–water partition coefficient (Wildman–Crippen LogP) is 4.51. The van der Waals surface area contributed by atoms with Gasteiger partial charge in [0.25, 0.3) is 0 Å². The molecule has 0 N–H and O–H groups in total. The first-order valence-electron chi connectivity index (χ1n) is 10.2. The molecule has 0 aliphatic rings. The molecule has 4 aromatic carbocycles. The van der Waals surface area contributed by atoms with Gasteiger partial charge >= 0.3 is 193 Å². The van der Waals surface area contributed by atoms with Gasteiger partial charge in [0.1, 0.15) is 0 Å². The first-order chi connectivity index (χ1) is 15.8. The summed E-state index contributed by atoms with van der Waals surface area (Å²) in [4.78, 5) is 12.9. The first kappa shape index (κ1) is 20.1. The van der Waals surface area contributed by atoms with Gasteiger partial charge < -0.3 is 0 Å². The van der Waals surface area contributed by atoms with Crippen LogP contribution in [0.15, 0.2) is 118 Å². The molecule has 0 spiro atoms. The van der Waals surface area contributed by atoms with Crippen LogP contribution in [0.1, 0.15) is 11.1 Å². The number of fused-ring (bicyclic) bond motifs is 1. The summed E-state index contributed by atoms with van der Waals surface area (Å²) in [6.07, 6.45) is 0. The van der Waals surface area contributed by atoms with E-state index in [2.05, 4.69) is 24.0 Å². The zero-order valence-corrected chi connectivity index (χ0v) is 18.8. The van der Waals surface area contributed by atoms with Gasteiger partial charge in [-0.1, -0.05) is 0 Å². The van der Waals surface area contributed by atoms with E-state index in [0.717, 1.165) is 26.5 Å². The molecule has 0 saturated carbocycles. The molecule has 3 heteroatoms. The van der Waals surface area contributed by atoms with E-state index in [1.165, 1.54) is 4.46 Å². The van der Waals surface area contributed by atoms with Crippen molar-refractivity contribution >= 4 is 34.7 Å². The maximum absolute atomic E-state index is 12.9. The fourth-order valence-corrected chi connectivity index (χ4v) is 5.74. The first-order valence-corrected chi connectivity index (χ1v) is 12.0. The van der Waals surface area contributed by atoms with E-state index >= 15 is 0 Å². The maximum atomic E-state index is 12.9. The normalized spacial score (nSPS) is 10.5. The van der Waals surface area contributed by atoms with Gasteiger partial charge in [-0.05, 0) is 0 Å². The van der Waals surface area contributed by atoms with Crippen LogP contribution < -0.4 is 14.5 Å². The van der Waals surface area contributed by atoms with Crippen LogP contribution in [0, 0.1) is 11.8 Å². The van der Waals surface area contributed by atoms with Crippen LogP contribution in [0.5, 0.6) is 0 Å². The molecule has 0 aliphatic carbocycles. The van der Waals surface area contributed by atoms with Crippen molar-refractivity contribution in [3.05, 3.63) is 131 Å². The third kappa shape index (κ3) is 4.15. The number of hydrogen-bond acceptors (Lipinski definition) is 2. The van der Waals surface area contributed by atoms with Crippen LogP contribution >= 0.6 is 0 Å². The third-order valence-corrected chi connectivity index (χ3v) is 7.39. The van der Waals surface area contributed by atoms with Gasteiger partial charge in [-0.25, -0.2) is 0 Å². The topological polar surface area (TPSA) is 30.2 Å². The van der Waals surface area contributed by atoms with E-state index in [1.54, 1.807) is 0 Å². The van der Waals surface area contributed by atoms with Crippen LogP contribution in [0.3, 0.4) is 0 Å². The molecule has 5 aromatic rings. The van der Waals surface area contributed by atoms with Gasteiger partial charge in [0.15, 0.2) is 0 Å². The Bertz CT molecular complexity index is 1510. The van der Waals surface area contributed by atoms with E-state index in [-0.39, 0.29) is 20.6 Å². The van der Waals surface area contributed by atoms with Gasteiger partial charge in [-0.2, -0.15) is 0 Å². The minimum atomic E-state index is -0.325. The second-order valence-corrected chi connectivity index (χ2v) is 9.44. The third-order valence-electron chi connectivity index (χ3n) is 5.04. The molecule has 1 aromatic heterocycles. The zero-order valence-electron chi connectivity index (χ0n) is 17.1. The molecule has 1 heterocycles.